The van der Waals surface area contributed by atoms with Crippen molar-refractivity contribution in [2.24, 2.45) is 23.2 Å². The zero-order valence-electron chi connectivity index (χ0n) is 8.06. The molecule has 0 amide bonds. The van der Waals surface area contributed by atoms with E-state index in [9.17, 15) is 0 Å². The molecule has 0 heterocycles. The molecule has 0 aliphatic heterocycles. The van der Waals surface area contributed by atoms with Crippen LogP contribution in [-0.4, -0.2) is 0 Å². The lowest BCUT2D eigenvalue weighted by atomic mass is 9.52. The Morgan fingerprint density at radius 1 is 1.00 bits per heavy atom. The molecule has 3 rings (SSSR count). The highest BCUT2D eigenvalue weighted by atomic mass is 14.5. The van der Waals surface area contributed by atoms with E-state index in [4.69, 9.17) is 0 Å². The number of rotatable bonds is 0. The standard InChI is InChI=1S/C11H20/c1-8-9-4-6-10(7-5-9)11(8,2)3/h8-10H,4-7H2,1-3H3/t8-,9?,10?/m1/s1. The van der Waals surface area contributed by atoms with E-state index < -0.39 is 0 Å². The van der Waals surface area contributed by atoms with Gasteiger partial charge in [-0.15, -0.1) is 0 Å². The van der Waals surface area contributed by atoms with Crippen LogP contribution in [0, 0.1) is 23.2 Å². The Labute approximate surface area is 70.4 Å². The van der Waals surface area contributed by atoms with Gasteiger partial charge in [0.2, 0.25) is 0 Å². The van der Waals surface area contributed by atoms with Crippen LogP contribution < -0.4 is 0 Å². The number of hydrogen-bond donors (Lipinski definition) is 0. The van der Waals surface area contributed by atoms with Crippen molar-refractivity contribution < 1.29 is 0 Å². The molecule has 0 aromatic rings. The minimum Gasteiger partial charge on any atom is -0.0617 e. The monoisotopic (exact) mass is 152 g/mol. The van der Waals surface area contributed by atoms with Gasteiger partial charge in [0, 0.05) is 0 Å². The van der Waals surface area contributed by atoms with Crippen LogP contribution in [0.15, 0.2) is 0 Å². The lowest BCUT2D eigenvalue weighted by Crippen LogP contribution is -2.44. The Hall–Kier alpha value is 0. The topological polar surface area (TPSA) is 0 Å². The van der Waals surface area contributed by atoms with Gasteiger partial charge in [-0.1, -0.05) is 20.8 Å². The lowest BCUT2D eigenvalue weighted by Gasteiger charge is -2.53. The van der Waals surface area contributed by atoms with Crippen LogP contribution in [0.25, 0.3) is 0 Å². The molecular formula is C11H20. The Morgan fingerprint density at radius 2 is 1.55 bits per heavy atom. The molecule has 0 radical (unpaired) electrons. The van der Waals surface area contributed by atoms with E-state index in [-0.39, 0.29) is 0 Å². The first-order chi connectivity index (χ1) is 5.12. The quantitative estimate of drug-likeness (QED) is 0.498. The van der Waals surface area contributed by atoms with Crippen molar-refractivity contribution in [1.29, 1.82) is 0 Å². The van der Waals surface area contributed by atoms with E-state index in [0.717, 1.165) is 17.8 Å². The minimum atomic E-state index is 0.654. The molecule has 0 N–H and O–H groups in total. The number of hydrogen-bond acceptors (Lipinski definition) is 0. The van der Waals surface area contributed by atoms with Crippen LogP contribution in [0.5, 0.6) is 0 Å². The van der Waals surface area contributed by atoms with Crippen molar-refractivity contribution >= 4 is 0 Å². The van der Waals surface area contributed by atoms with Gasteiger partial charge in [0.15, 0.2) is 0 Å². The summed E-state index contributed by atoms with van der Waals surface area (Å²) in [6.07, 6.45) is 6.08. The number of fused-ring (bicyclic) bond motifs is 3. The second kappa shape index (κ2) is 2.24. The van der Waals surface area contributed by atoms with E-state index >= 15 is 0 Å². The van der Waals surface area contributed by atoms with E-state index in [1.807, 2.05) is 0 Å². The van der Waals surface area contributed by atoms with E-state index in [0.29, 0.717) is 5.41 Å². The van der Waals surface area contributed by atoms with Gasteiger partial charge in [-0.2, -0.15) is 0 Å². The van der Waals surface area contributed by atoms with Crippen LogP contribution in [-0.2, 0) is 0 Å². The van der Waals surface area contributed by atoms with Crippen molar-refractivity contribution in [3.63, 3.8) is 0 Å². The second-order valence-electron chi connectivity index (χ2n) is 5.22. The molecule has 0 nitrogen and oxygen atoms in total. The van der Waals surface area contributed by atoms with E-state index in [1.165, 1.54) is 25.7 Å². The maximum Gasteiger partial charge on any atom is -0.0298 e. The van der Waals surface area contributed by atoms with Crippen molar-refractivity contribution in [2.45, 2.75) is 46.5 Å². The molecule has 2 bridgehead atoms. The summed E-state index contributed by atoms with van der Waals surface area (Å²) in [5, 5.41) is 0. The fourth-order valence-corrected chi connectivity index (χ4v) is 3.34. The molecule has 11 heavy (non-hydrogen) atoms. The molecule has 3 aliphatic rings. The molecule has 3 fully saturated rings. The van der Waals surface area contributed by atoms with Crippen molar-refractivity contribution in [1.82, 2.24) is 0 Å². The van der Waals surface area contributed by atoms with Gasteiger partial charge in [0.1, 0.15) is 0 Å². The van der Waals surface area contributed by atoms with E-state index in [1.54, 1.807) is 0 Å². The zero-order valence-corrected chi connectivity index (χ0v) is 8.06. The third kappa shape index (κ3) is 0.947. The van der Waals surface area contributed by atoms with Gasteiger partial charge in [0.25, 0.3) is 0 Å². The minimum absolute atomic E-state index is 0.654. The maximum atomic E-state index is 2.48. The molecule has 0 saturated heterocycles. The second-order valence-corrected chi connectivity index (χ2v) is 5.22. The molecule has 0 unspecified atom stereocenters. The fourth-order valence-electron chi connectivity index (χ4n) is 3.34. The van der Waals surface area contributed by atoms with Crippen molar-refractivity contribution in [3.05, 3.63) is 0 Å². The SMILES string of the molecule is C[C@@H]1C2CCC(CC2)C1(C)C. The summed E-state index contributed by atoms with van der Waals surface area (Å²) in [6.45, 7) is 7.43. The van der Waals surface area contributed by atoms with E-state index in [2.05, 4.69) is 20.8 Å². The van der Waals surface area contributed by atoms with Gasteiger partial charge in [-0.05, 0) is 48.9 Å². The molecule has 0 aromatic heterocycles. The first-order valence-electron chi connectivity index (χ1n) is 5.12. The highest BCUT2D eigenvalue weighted by molar-refractivity contribution is 4.95. The Kier molecular flexibility index (Phi) is 1.56. The van der Waals surface area contributed by atoms with Gasteiger partial charge in [0.05, 0.1) is 0 Å². The molecule has 1 atom stereocenters. The maximum absolute atomic E-state index is 2.48. The Morgan fingerprint density at radius 3 is 1.82 bits per heavy atom. The largest absolute Gasteiger partial charge is 0.0617 e. The summed E-state index contributed by atoms with van der Waals surface area (Å²) in [5.74, 6) is 3.09. The predicted molar refractivity (Wildman–Crippen MR) is 48.4 cm³/mol. The van der Waals surface area contributed by atoms with Crippen LogP contribution in [0.2, 0.25) is 0 Å². The van der Waals surface area contributed by atoms with Crippen LogP contribution in [0.1, 0.15) is 46.5 Å². The highest BCUT2D eigenvalue weighted by Gasteiger charge is 2.46. The zero-order chi connectivity index (χ0) is 8.06. The summed E-state index contributed by atoms with van der Waals surface area (Å²) in [5.41, 5.74) is 0.654. The average molecular weight is 152 g/mol. The van der Waals surface area contributed by atoms with Crippen LogP contribution >= 0.6 is 0 Å². The molecule has 64 valence electrons. The van der Waals surface area contributed by atoms with Crippen molar-refractivity contribution in [3.8, 4) is 0 Å². The molecule has 0 spiro atoms. The summed E-state index contributed by atoms with van der Waals surface area (Å²) in [4.78, 5) is 0. The molecular weight excluding hydrogens is 132 g/mol. The summed E-state index contributed by atoms with van der Waals surface area (Å²) in [7, 11) is 0. The van der Waals surface area contributed by atoms with Crippen LogP contribution in [0.3, 0.4) is 0 Å². The first kappa shape index (κ1) is 7.64. The summed E-state index contributed by atoms with van der Waals surface area (Å²) < 4.78 is 0. The van der Waals surface area contributed by atoms with Gasteiger partial charge in [-0.3, -0.25) is 0 Å². The average Bonchev–Trinajstić information content (AvgIpc) is 2.01. The molecule has 3 aliphatic carbocycles. The van der Waals surface area contributed by atoms with Gasteiger partial charge < -0.3 is 0 Å². The normalized spacial score (nSPS) is 47.7. The third-order valence-electron chi connectivity index (χ3n) is 4.70. The summed E-state index contributed by atoms with van der Waals surface area (Å²) in [6, 6.07) is 0. The Balaban J connectivity index is 2.23. The van der Waals surface area contributed by atoms with Gasteiger partial charge >= 0.3 is 0 Å². The molecule has 0 heteroatoms. The third-order valence-corrected chi connectivity index (χ3v) is 4.70. The smallest absolute Gasteiger partial charge is 0.0298 e. The van der Waals surface area contributed by atoms with Crippen LogP contribution in [0.4, 0.5) is 0 Å². The molecule has 3 saturated carbocycles. The first-order valence-corrected chi connectivity index (χ1v) is 5.12. The van der Waals surface area contributed by atoms with Gasteiger partial charge in [-0.25, -0.2) is 0 Å². The van der Waals surface area contributed by atoms with Crippen molar-refractivity contribution in [2.75, 3.05) is 0 Å². The lowest BCUT2D eigenvalue weighted by molar-refractivity contribution is -0.0319. The molecule has 0 aromatic carbocycles. The predicted octanol–water partition coefficient (Wildman–Crippen LogP) is 3.47. The fraction of sp³-hybridized carbons (Fsp3) is 1.00. The Bertz CT molecular complexity index is 145. The summed E-state index contributed by atoms with van der Waals surface area (Å²) >= 11 is 0. The highest BCUT2D eigenvalue weighted by Crippen LogP contribution is 2.55.